The van der Waals surface area contributed by atoms with Gasteiger partial charge in [-0.2, -0.15) is 0 Å². The van der Waals surface area contributed by atoms with E-state index in [9.17, 15) is 4.79 Å². The van der Waals surface area contributed by atoms with Crippen LogP contribution >= 0.6 is 12.6 Å². The van der Waals surface area contributed by atoms with E-state index in [0.717, 1.165) is 11.3 Å². The predicted octanol–water partition coefficient (Wildman–Crippen LogP) is 2.93. The minimum absolute atomic E-state index is 0.251. The number of amides is 1. The molecule has 1 heterocycles. The summed E-state index contributed by atoms with van der Waals surface area (Å²) in [4.78, 5) is 16.5. The summed E-state index contributed by atoms with van der Waals surface area (Å²) in [5, 5.41) is 2.78. The van der Waals surface area contributed by atoms with E-state index in [4.69, 9.17) is 0 Å². The van der Waals surface area contributed by atoms with Gasteiger partial charge in [-0.3, -0.25) is 4.79 Å². The molecule has 0 saturated carbocycles. The van der Waals surface area contributed by atoms with Crippen LogP contribution in [0.4, 0.5) is 5.69 Å². The maximum absolute atomic E-state index is 11.9. The number of carbonyl (C=O) groups excluding carboxylic acids is 1. The van der Waals surface area contributed by atoms with E-state index < -0.39 is 0 Å². The summed E-state index contributed by atoms with van der Waals surface area (Å²) in [6.07, 6.45) is 1.57. The molecule has 17 heavy (non-hydrogen) atoms. The van der Waals surface area contributed by atoms with Crippen LogP contribution < -0.4 is 5.32 Å². The summed E-state index contributed by atoms with van der Waals surface area (Å²) >= 11 is 4.20. The molecule has 1 aromatic heterocycles. The quantitative estimate of drug-likeness (QED) is 0.798. The van der Waals surface area contributed by atoms with Gasteiger partial charge in [0.2, 0.25) is 0 Å². The van der Waals surface area contributed by atoms with Gasteiger partial charge in [-0.1, -0.05) is 17.7 Å². The lowest BCUT2D eigenvalue weighted by Gasteiger charge is -2.06. The van der Waals surface area contributed by atoms with Crippen molar-refractivity contribution in [1.29, 1.82) is 0 Å². The number of pyridine rings is 1. The molecule has 0 atom stereocenters. The monoisotopic (exact) mass is 244 g/mol. The average molecular weight is 244 g/mol. The second-order valence-corrected chi connectivity index (χ2v) is 4.17. The third-order valence-corrected chi connectivity index (χ3v) is 2.67. The number of hydrogen-bond donors (Lipinski definition) is 2. The normalized spacial score (nSPS) is 10.0. The van der Waals surface area contributed by atoms with Crippen molar-refractivity contribution in [2.45, 2.75) is 11.8 Å². The van der Waals surface area contributed by atoms with Gasteiger partial charge >= 0.3 is 0 Å². The van der Waals surface area contributed by atoms with Crippen molar-refractivity contribution in [2.24, 2.45) is 0 Å². The Morgan fingerprint density at radius 3 is 2.59 bits per heavy atom. The molecular weight excluding hydrogens is 232 g/mol. The Kier molecular flexibility index (Phi) is 3.44. The molecule has 2 aromatic rings. The number of aryl methyl sites for hydroxylation is 1. The highest BCUT2D eigenvalue weighted by molar-refractivity contribution is 7.80. The van der Waals surface area contributed by atoms with Crippen LogP contribution in [0, 0.1) is 6.92 Å². The van der Waals surface area contributed by atoms with Crippen molar-refractivity contribution < 1.29 is 4.79 Å². The molecule has 4 heteroatoms. The van der Waals surface area contributed by atoms with Gasteiger partial charge in [0.1, 0.15) is 5.69 Å². The number of nitrogens with one attached hydrogen (secondary N) is 1. The fraction of sp³-hybridized carbons (Fsp3) is 0.0769. The first-order valence-corrected chi connectivity index (χ1v) is 5.63. The van der Waals surface area contributed by atoms with Crippen molar-refractivity contribution in [3.05, 3.63) is 53.9 Å². The van der Waals surface area contributed by atoms with Gasteiger partial charge < -0.3 is 5.32 Å². The van der Waals surface area contributed by atoms with E-state index in [-0.39, 0.29) is 5.91 Å². The first-order valence-electron chi connectivity index (χ1n) is 5.19. The predicted molar refractivity (Wildman–Crippen MR) is 70.6 cm³/mol. The number of thiol groups is 1. The van der Waals surface area contributed by atoms with Crippen molar-refractivity contribution in [2.75, 3.05) is 5.32 Å². The molecule has 0 spiro atoms. The van der Waals surface area contributed by atoms with Crippen LogP contribution in [0.5, 0.6) is 0 Å². The van der Waals surface area contributed by atoms with Crippen LogP contribution in [-0.4, -0.2) is 10.9 Å². The molecule has 86 valence electrons. The Labute approximate surface area is 105 Å². The fourth-order valence-electron chi connectivity index (χ4n) is 1.40. The van der Waals surface area contributed by atoms with Crippen LogP contribution in [0.1, 0.15) is 16.1 Å². The first kappa shape index (κ1) is 11.7. The van der Waals surface area contributed by atoms with Crippen LogP contribution in [0.3, 0.4) is 0 Å². The lowest BCUT2D eigenvalue weighted by molar-refractivity contribution is 0.101. The molecule has 0 fully saturated rings. The van der Waals surface area contributed by atoms with Crippen molar-refractivity contribution in [3.8, 4) is 0 Å². The van der Waals surface area contributed by atoms with E-state index in [1.807, 2.05) is 31.2 Å². The highest BCUT2D eigenvalue weighted by Gasteiger charge is 2.10. The molecule has 1 N–H and O–H groups in total. The van der Waals surface area contributed by atoms with E-state index in [1.54, 1.807) is 18.3 Å². The molecule has 3 nitrogen and oxygen atoms in total. The second-order valence-electron chi connectivity index (χ2n) is 3.69. The Morgan fingerprint density at radius 2 is 1.94 bits per heavy atom. The van der Waals surface area contributed by atoms with Gasteiger partial charge in [0, 0.05) is 16.8 Å². The van der Waals surface area contributed by atoms with Crippen molar-refractivity contribution >= 4 is 24.2 Å². The smallest absolute Gasteiger partial charge is 0.275 e. The van der Waals surface area contributed by atoms with Crippen molar-refractivity contribution in [3.63, 3.8) is 0 Å². The number of anilines is 1. The first-order chi connectivity index (χ1) is 8.16. The number of carbonyl (C=O) groups is 1. The van der Waals surface area contributed by atoms with Gasteiger partial charge in [0.15, 0.2) is 0 Å². The molecule has 0 aliphatic rings. The van der Waals surface area contributed by atoms with E-state index in [0.29, 0.717) is 10.6 Å². The number of aromatic nitrogens is 1. The zero-order valence-corrected chi connectivity index (χ0v) is 10.2. The van der Waals surface area contributed by atoms with Crippen LogP contribution in [-0.2, 0) is 0 Å². The Balaban J connectivity index is 2.17. The number of benzene rings is 1. The zero-order chi connectivity index (χ0) is 12.3. The minimum Gasteiger partial charge on any atom is -0.321 e. The molecule has 0 aliphatic heterocycles. The molecule has 1 aromatic carbocycles. The largest absolute Gasteiger partial charge is 0.321 e. The van der Waals surface area contributed by atoms with Gasteiger partial charge in [-0.15, -0.1) is 12.6 Å². The van der Waals surface area contributed by atoms with E-state index in [2.05, 4.69) is 22.9 Å². The topological polar surface area (TPSA) is 42.0 Å². The third-order valence-electron chi connectivity index (χ3n) is 2.31. The molecule has 0 aliphatic carbocycles. The summed E-state index contributed by atoms with van der Waals surface area (Å²) < 4.78 is 0. The highest BCUT2D eigenvalue weighted by Crippen LogP contribution is 2.14. The summed E-state index contributed by atoms with van der Waals surface area (Å²) in [5.41, 5.74) is 2.23. The minimum atomic E-state index is -0.251. The fourth-order valence-corrected chi connectivity index (χ4v) is 1.64. The molecule has 0 saturated heterocycles. The van der Waals surface area contributed by atoms with E-state index in [1.165, 1.54) is 0 Å². The molecular formula is C13H12N2OS. The number of nitrogens with zero attached hydrogens (tertiary/aromatic N) is 1. The van der Waals surface area contributed by atoms with Crippen LogP contribution in [0.15, 0.2) is 47.5 Å². The summed E-state index contributed by atoms with van der Waals surface area (Å²) in [6, 6.07) is 11.1. The summed E-state index contributed by atoms with van der Waals surface area (Å²) in [6.45, 7) is 2.00. The Bertz CT molecular complexity index is 537. The highest BCUT2D eigenvalue weighted by atomic mass is 32.1. The Hall–Kier alpha value is -1.81. The van der Waals surface area contributed by atoms with Crippen LogP contribution in [0.25, 0.3) is 0 Å². The standard InChI is InChI=1S/C13H12N2OS/c1-9-4-6-10(7-5-9)15-13(16)12-11(17)3-2-8-14-12/h2-8,17H,1H3,(H,15,16). The second kappa shape index (κ2) is 5.01. The van der Waals surface area contributed by atoms with Gasteiger partial charge in [-0.25, -0.2) is 4.98 Å². The maximum atomic E-state index is 11.9. The van der Waals surface area contributed by atoms with Crippen LogP contribution in [0.2, 0.25) is 0 Å². The van der Waals surface area contributed by atoms with Gasteiger partial charge in [0.25, 0.3) is 5.91 Å². The van der Waals surface area contributed by atoms with E-state index >= 15 is 0 Å². The lowest BCUT2D eigenvalue weighted by atomic mass is 10.2. The molecule has 1 amide bonds. The molecule has 0 bridgehead atoms. The summed E-state index contributed by atoms with van der Waals surface area (Å²) in [7, 11) is 0. The number of hydrogen-bond acceptors (Lipinski definition) is 3. The average Bonchev–Trinajstić information content (AvgIpc) is 2.32. The number of rotatable bonds is 2. The molecule has 2 rings (SSSR count). The lowest BCUT2D eigenvalue weighted by Crippen LogP contribution is -2.14. The van der Waals surface area contributed by atoms with Gasteiger partial charge in [-0.05, 0) is 31.2 Å². The summed E-state index contributed by atoms with van der Waals surface area (Å²) in [5.74, 6) is -0.251. The van der Waals surface area contributed by atoms with Crippen molar-refractivity contribution in [1.82, 2.24) is 4.98 Å². The Morgan fingerprint density at radius 1 is 1.24 bits per heavy atom. The maximum Gasteiger partial charge on any atom is 0.275 e. The third kappa shape index (κ3) is 2.85. The van der Waals surface area contributed by atoms with Gasteiger partial charge in [0.05, 0.1) is 0 Å². The molecule has 0 radical (unpaired) electrons. The SMILES string of the molecule is Cc1ccc(NC(=O)c2ncccc2S)cc1. The molecule has 0 unspecified atom stereocenters. The zero-order valence-electron chi connectivity index (χ0n) is 9.34.